The molecule has 1 aliphatic rings. The Morgan fingerprint density at radius 2 is 1.88 bits per heavy atom. The minimum Gasteiger partial charge on any atom is -0.394 e. The molecule has 0 amide bonds. The molecule has 0 bridgehead atoms. The topological polar surface area (TPSA) is 135 Å². The molecule has 2 aromatic carbocycles. The van der Waals surface area contributed by atoms with Crippen molar-refractivity contribution in [3.63, 3.8) is 0 Å². The van der Waals surface area contributed by atoms with Gasteiger partial charge in [0.2, 0.25) is 0 Å². The summed E-state index contributed by atoms with van der Waals surface area (Å²) in [5.74, 6) is 0.873. The summed E-state index contributed by atoms with van der Waals surface area (Å²) in [4.78, 5) is 7.45. The van der Waals surface area contributed by atoms with Crippen LogP contribution in [0.3, 0.4) is 0 Å². The van der Waals surface area contributed by atoms with Crippen LogP contribution < -0.4 is 16.0 Å². The normalized spacial score (nSPS) is 17.0. The van der Waals surface area contributed by atoms with Crippen molar-refractivity contribution < 1.29 is 19.3 Å². The number of hydrogen-bond acceptors (Lipinski definition) is 8. The van der Waals surface area contributed by atoms with Crippen molar-refractivity contribution in [2.24, 2.45) is 5.73 Å². The van der Waals surface area contributed by atoms with Gasteiger partial charge in [0.25, 0.3) is 0 Å². The summed E-state index contributed by atoms with van der Waals surface area (Å²) in [5.41, 5.74) is 8.16. The number of anilines is 2. The van der Waals surface area contributed by atoms with E-state index in [2.05, 4.69) is 5.32 Å². The quantitative estimate of drug-likeness (QED) is 0.332. The summed E-state index contributed by atoms with van der Waals surface area (Å²) in [7, 11) is -2.89. The lowest BCUT2D eigenvalue weighted by atomic mass is 10.0. The molecule has 3 aromatic rings. The van der Waals surface area contributed by atoms with Crippen LogP contribution in [0.4, 0.5) is 11.5 Å². The Hall–Kier alpha value is -2.40. The molecular formula is C23H30N4O4S. The molecule has 0 unspecified atom stereocenters. The van der Waals surface area contributed by atoms with Gasteiger partial charge in [0.1, 0.15) is 5.82 Å². The molecule has 0 radical (unpaired) electrons. The maximum atomic E-state index is 10.7. The van der Waals surface area contributed by atoms with E-state index in [0.29, 0.717) is 29.5 Å². The van der Waals surface area contributed by atoms with Crippen LogP contribution in [0.15, 0.2) is 53.4 Å². The first-order valence-corrected chi connectivity index (χ1v) is 12.2. The molecular weight excluding hydrogens is 428 g/mol. The van der Waals surface area contributed by atoms with E-state index in [4.69, 9.17) is 10.7 Å². The zero-order valence-electron chi connectivity index (χ0n) is 18.0. The van der Waals surface area contributed by atoms with Crippen molar-refractivity contribution in [3.8, 4) is 0 Å². The van der Waals surface area contributed by atoms with Crippen molar-refractivity contribution in [1.82, 2.24) is 4.98 Å². The fourth-order valence-electron chi connectivity index (χ4n) is 3.97. The van der Waals surface area contributed by atoms with E-state index in [1.54, 1.807) is 6.07 Å². The number of nitrogens with zero attached hydrogens (tertiary/aromatic N) is 2. The highest BCUT2D eigenvalue weighted by Crippen LogP contribution is 2.51. The van der Waals surface area contributed by atoms with Crippen molar-refractivity contribution in [2.75, 3.05) is 42.3 Å². The van der Waals surface area contributed by atoms with E-state index in [1.165, 1.54) is 0 Å². The van der Waals surface area contributed by atoms with Gasteiger partial charge in [0, 0.05) is 36.8 Å². The molecule has 172 valence electrons. The highest BCUT2D eigenvalue weighted by Gasteiger charge is 2.29. The molecule has 2 heterocycles. The van der Waals surface area contributed by atoms with E-state index in [9.17, 15) is 19.3 Å². The number of benzene rings is 2. The highest BCUT2D eigenvalue weighted by molar-refractivity contribution is 8.24. The number of pyridine rings is 1. The van der Waals surface area contributed by atoms with Gasteiger partial charge in [0.15, 0.2) is 0 Å². The largest absolute Gasteiger partial charge is 0.394 e. The van der Waals surface area contributed by atoms with Gasteiger partial charge >= 0.3 is 0 Å². The van der Waals surface area contributed by atoms with E-state index in [-0.39, 0.29) is 25.5 Å². The smallest absolute Gasteiger partial charge is 0.131 e. The van der Waals surface area contributed by atoms with Gasteiger partial charge in [0.05, 0.1) is 34.9 Å². The van der Waals surface area contributed by atoms with Crippen LogP contribution in [0.5, 0.6) is 0 Å². The van der Waals surface area contributed by atoms with Crippen molar-refractivity contribution in [1.29, 1.82) is 0 Å². The third kappa shape index (κ3) is 4.27. The molecule has 0 saturated carbocycles. The summed E-state index contributed by atoms with van der Waals surface area (Å²) < 4.78 is 21.4. The van der Waals surface area contributed by atoms with Gasteiger partial charge in [-0.1, -0.05) is 29.8 Å². The molecule has 1 aliphatic heterocycles. The van der Waals surface area contributed by atoms with Gasteiger partial charge < -0.3 is 26.2 Å². The van der Waals surface area contributed by atoms with Gasteiger partial charge in [-0.25, -0.2) is 4.98 Å². The van der Waals surface area contributed by atoms with Crippen LogP contribution in [0.1, 0.15) is 11.1 Å². The Balaban J connectivity index is 1.81. The first kappa shape index (κ1) is 22.8. The zero-order chi connectivity index (χ0) is 22.9. The molecule has 0 spiro atoms. The van der Waals surface area contributed by atoms with Crippen LogP contribution in [-0.2, 0) is 6.54 Å². The third-order valence-corrected chi connectivity index (χ3v) is 7.86. The fraction of sp³-hybridized carbons (Fsp3) is 0.348. The predicted octanol–water partition coefficient (Wildman–Crippen LogP) is 2.77. The van der Waals surface area contributed by atoms with Crippen LogP contribution in [0.25, 0.3) is 10.9 Å². The number of nitrogens with one attached hydrogen (secondary N) is 1. The van der Waals surface area contributed by atoms with Crippen LogP contribution in [0.2, 0.25) is 0 Å². The number of nitrogens with two attached hydrogens (primary N) is 1. The minimum atomic E-state index is -2.89. The lowest BCUT2D eigenvalue weighted by Crippen LogP contribution is -2.52. The highest BCUT2D eigenvalue weighted by atomic mass is 32.3. The molecule has 0 aliphatic carbocycles. The standard InChI is InChI=1S/C23H30N4O4S/c1-16-6-7-19-18(10-16)20(26-23(13-24,14-28)15-29)11-22(25-19)27-8-9-32(30,31)21-5-3-2-4-17(21)12-27/h2-7,10-11,28-31H,8-9,12-15,24H2,1H3,(H,25,26). The predicted molar refractivity (Wildman–Crippen MR) is 130 cm³/mol. The maximum Gasteiger partial charge on any atom is 0.131 e. The van der Waals surface area contributed by atoms with Gasteiger partial charge in [-0.2, -0.15) is 10.6 Å². The lowest BCUT2D eigenvalue weighted by molar-refractivity contribution is 0.140. The van der Waals surface area contributed by atoms with Crippen molar-refractivity contribution in [2.45, 2.75) is 23.9 Å². The second-order valence-electron chi connectivity index (χ2n) is 8.37. The van der Waals surface area contributed by atoms with E-state index in [1.807, 2.05) is 54.3 Å². The minimum absolute atomic E-state index is 0.0446. The molecule has 32 heavy (non-hydrogen) atoms. The van der Waals surface area contributed by atoms with Crippen LogP contribution >= 0.6 is 10.6 Å². The first-order chi connectivity index (χ1) is 15.3. The lowest BCUT2D eigenvalue weighted by Gasteiger charge is -2.33. The van der Waals surface area contributed by atoms with Crippen molar-refractivity contribution in [3.05, 3.63) is 59.7 Å². The van der Waals surface area contributed by atoms with Gasteiger partial charge in [-0.3, -0.25) is 9.11 Å². The molecule has 8 nitrogen and oxygen atoms in total. The maximum absolute atomic E-state index is 10.7. The monoisotopic (exact) mass is 458 g/mol. The second kappa shape index (κ2) is 8.86. The summed E-state index contributed by atoms with van der Waals surface area (Å²) in [5, 5.41) is 23.9. The Bertz CT molecular complexity index is 1110. The number of fused-ring (bicyclic) bond motifs is 2. The number of aliphatic hydroxyl groups excluding tert-OH is 2. The SMILES string of the molecule is Cc1ccc2nc(N3CCS(O)(O)c4ccccc4C3)cc(NC(CN)(CO)CO)c2c1. The average molecular weight is 459 g/mol. The summed E-state index contributed by atoms with van der Waals surface area (Å²) >= 11 is 0. The van der Waals surface area contributed by atoms with Gasteiger partial charge in [-0.05, 0) is 30.7 Å². The van der Waals surface area contributed by atoms with E-state index in [0.717, 1.165) is 22.0 Å². The molecule has 0 fully saturated rings. The van der Waals surface area contributed by atoms with E-state index >= 15 is 0 Å². The van der Waals surface area contributed by atoms with Crippen LogP contribution in [0, 0.1) is 6.92 Å². The molecule has 1 aromatic heterocycles. The number of hydrogen-bond donors (Lipinski definition) is 6. The van der Waals surface area contributed by atoms with E-state index < -0.39 is 16.1 Å². The molecule has 9 heteroatoms. The summed E-state index contributed by atoms with van der Waals surface area (Å²) in [6.07, 6.45) is 0. The fourth-order valence-corrected chi connectivity index (χ4v) is 5.51. The Morgan fingerprint density at radius 1 is 1.12 bits per heavy atom. The number of aliphatic hydroxyl groups is 2. The average Bonchev–Trinajstić information content (AvgIpc) is 2.93. The third-order valence-electron chi connectivity index (χ3n) is 6.00. The number of rotatable bonds is 6. The van der Waals surface area contributed by atoms with Crippen LogP contribution in [-0.4, -0.2) is 61.9 Å². The van der Waals surface area contributed by atoms with Crippen molar-refractivity contribution >= 4 is 33.0 Å². The Kier molecular flexibility index (Phi) is 6.30. The molecule has 0 saturated heterocycles. The Labute approximate surface area is 189 Å². The number of aromatic nitrogens is 1. The van der Waals surface area contributed by atoms with Gasteiger partial charge in [-0.15, -0.1) is 0 Å². The molecule has 7 N–H and O–H groups in total. The molecule has 0 atom stereocenters. The summed E-state index contributed by atoms with van der Waals surface area (Å²) in [6.45, 7) is 2.28. The first-order valence-electron chi connectivity index (χ1n) is 10.5. The Morgan fingerprint density at radius 3 is 2.59 bits per heavy atom. The number of aryl methyl sites for hydroxylation is 1. The zero-order valence-corrected chi connectivity index (χ0v) is 18.8. The summed E-state index contributed by atoms with van der Waals surface area (Å²) in [6, 6.07) is 15.2. The molecule has 4 rings (SSSR count). The second-order valence-corrected chi connectivity index (χ2v) is 10.6.